The van der Waals surface area contributed by atoms with Gasteiger partial charge >= 0.3 is 0 Å². The van der Waals surface area contributed by atoms with E-state index in [-0.39, 0.29) is 0 Å². The maximum absolute atomic E-state index is 8.77. The Labute approximate surface area is 81.7 Å². The maximum Gasteiger partial charge on any atom is 0.115 e. The third-order valence-electron chi connectivity index (χ3n) is 2.43. The van der Waals surface area contributed by atoms with Crippen LogP contribution >= 0.6 is 0 Å². The molecule has 0 amide bonds. The average Bonchev–Trinajstić information content (AvgIpc) is 2.27. The highest BCUT2D eigenvalue weighted by molar-refractivity contribution is 6.49. The molecule has 4 nitrogen and oxygen atoms in total. The van der Waals surface area contributed by atoms with Crippen LogP contribution in [-0.4, -0.2) is 16.6 Å². The summed E-state index contributed by atoms with van der Waals surface area (Å²) in [4.78, 5) is 0. The number of benzene rings is 1. The molecule has 72 valence electrons. The molecule has 0 aliphatic heterocycles. The third-order valence-corrected chi connectivity index (χ3v) is 2.43. The van der Waals surface area contributed by atoms with Crippen LogP contribution in [0.1, 0.15) is 17.5 Å². The zero-order valence-electron chi connectivity index (χ0n) is 7.64. The Morgan fingerprint density at radius 3 is 2.71 bits per heavy atom. The normalized spacial score (nSPS) is 21.1. The van der Waals surface area contributed by atoms with Crippen LogP contribution in [-0.2, 0) is 6.42 Å². The number of nitrogens with zero attached hydrogens (tertiary/aromatic N) is 2. The number of aryl methyl sites for hydroxylation is 1. The minimum atomic E-state index is 0.561. The Morgan fingerprint density at radius 1 is 1.21 bits per heavy atom. The summed E-state index contributed by atoms with van der Waals surface area (Å²) in [5.41, 5.74) is 3.32. The van der Waals surface area contributed by atoms with E-state index in [4.69, 9.17) is 11.0 Å². The first kappa shape index (κ1) is 8.74. The van der Waals surface area contributed by atoms with Crippen molar-refractivity contribution in [3.63, 3.8) is 0 Å². The quantitative estimate of drug-likeness (QED) is 0.365. The molecule has 0 spiro atoms. The van der Waals surface area contributed by atoms with E-state index in [0.717, 1.165) is 12.0 Å². The second-order valence-electron chi connectivity index (χ2n) is 3.18. The predicted octanol–water partition coefficient (Wildman–Crippen LogP) is 1.13. The van der Waals surface area contributed by atoms with Gasteiger partial charge in [0.2, 0.25) is 0 Å². The molecule has 2 rings (SSSR count). The second kappa shape index (κ2) is 3.49. The summed E-state index contributed by atoms with van der Waals surface area (Å²) in [6.07, 6.45) is 1.55. The molecule has 0 atom stereocenters. The van der Waals surface area contributed by atoms with Gasteiger partial charge in [-0.2, -0.15) is 5.10 Å². The highest BCUT2D eigenvalue weighted by Crippen LogP contribution is 2.19. The molecular formula is C10H11N3O. The zero-order chi connectivity index (χ0) is 9.97. The molecule has 1 aromatic rings. The minimum Gasteiger partial charge on any atom is -0.411 e. The molecule has 0 radical (unpaired) electrons. The van der Waals surface area contributed by atoms with Crippen LogP contribution in [0.2, 0.25) is 0 Å². The number of hydrazone groups is 1. The number of rotatable bonds is 0. The number of hydrogen-bond acceptors (Lipinski definition) is 4. The fraction of sp³-hybridized carbons (Fsp3) is 0.200. The summed E-state index contributed by atoms with van der Waals surface area (Å²) in [7, 11) is 0. The summed E-state index contributed by atoms with van der Waals surface area (Å²) in [5.74, 6) is 5.28. The lowest BCUT2D eigenvalue weighted by molar-refractivity contribution is 0.318. The average molecular weight is 189 g/mol. The van der Waals surface area contributed by atoms with Gasteiger partial charge in [0, 0.05) is 5.56 Å². The molecule has 3 N–H and O–H groups in total. The molecule has 1 aliphatic rings. The van der Waals surface area contributed by atoms with Crippen LogP contribution in [0.15, 0.2) is 34.5 Å². The Kier molecular flexibility index (Phi) is 2.18. The zero-order valence-corrected chi connectivity index (χ0v) is 7.64. The first-order valence-corrected chi connectivity index (χ1v) is 4.44. The van der Waals surface area contributed by atoms with Gasteiger partial charge in [-0.25, -0.2) is 0 Å². The smallest absolute Gasteiger partial charge is 0.115 e. The molecule has 0 aromatic heterocycles. The first-order chi connectivity index (χ1) is 6.86. The van der Waals surface area contributed by atoms with Crippen molar-refractivity contribution >= 4 is 11.4 Å². The Balaban J connectivity index is 2.56. The van der Waals surface area contributed by atoms with Crippen molar-refractivity contribution in [1.29, 1.82) is 0 Å². The van der Waals surface area contributed by atoms with Gasteiger partial charge in [-0.05, 0) is 18.4 Å². The van der Waals surface area contributed by atoms with Gasteiger partial charge in [0.15, 0.2) is 0 Å². The molecular weight excluding hydrogens is 178 g/mol. The summed E-state index contributed by atoms with van der Waals surface area (Å²) in [6, 6.07) is 7.87. The number of hydrogen-bond donors (Lipinski definition) is 2. The van der Waals surface area contributed by atoms with E-state index in [1.165, 1.54) is 5.56 Å². The van der Waals surface area contributed by atoms with E-state index < -0.39 is 0 Å². The number of oxime groups is 1. The largest absolute Gasteiger partial charge is 0.411 e. The molecule has 0 heterocycles. The van der Waals surface area contributed by atoms with Crippen molar-refractivity contribution in [1.82, 2.24) is 0 Å². The SMILES string of the molecule is NN=C1C(=NO)CCc2ccccc21. The molecule has 0 saturated carbocycles. The van der Waals surface area contributed by atoms with E-state index in [2.05, 4.69) is 10.3 Å². The lowest BCUT2D eigenvalue weighted by Crippen LogP contribution is -2.24. The minimum absolute atomic E-state index is 0.561. The van der Waals surface area contributed by atoms with Crippen LogP contribution in [0.4, 0.5) is 0 Å². The maximum atomic E-state index is 8.77. The highest BCUT2D eigenvalue weighted by atomic mass is 16.4. The molecule has 0 saturated heterocycles. The van der Waals surface area contributed by atoms with Crippen LogP contribution in [0, 0.1) is 0 Å². The van der Waals surface area contributed by atoms with Gasteiger partial charge in [0.25, 0.3) is 0 Å². The molecule has 14 heavy (non-hydrogen) atoms. The molecule has 1 aliphatic carbocycles. The second-order valence-corrected chi connectivity index (χ2v) is 3.18. The fourth-order valence-corrected chi connectivity index (χ4v) is 1.74. The topological polar surface area (TPSA) is 71.0 Å². The van der Waals surface area contributed by atoms with E-state index >= 15 is 0 Å². The molecule has 1 aromatic carbocycles. The fourth-order valence-electron chi connectivity index (χ4n) is 1.74. The van der Waals surface area contributed by atoms with E-state index in [9.17, 15) is 0 Å². The van der Waals surface area contributed by atoms with Gasteiger partial charge in [-0.1, -0.05) is 29.4 Å². The summed E-state index contributed by atoms with van der Waals surface area (Å²) in [6.45, 7) is 0. The van der Waals surface area contributed by atoms with Gasteiger partial charge < -0.3 is 11.0 Å². The van der Waals surface area contributed by atoms with E-state index in [1.807, 2.05) is 24.3 Å². The molecule has 0 bridgehead atoms. The van der Waals surface area contributed by atoms with Crippen molar-refractivity contribution in [2.24, 2.45) is 16.1 Å². The highest BCUT2D eigenvalue weighted by Gasteiger charge is 2.21. The van der Waals surface area contributed by atoms with Crippen LogP contribution in [0.3, 0.4) is 0 Å². The van der Waals surface area contributed by atoms with Gasteiger partial charge in [-0.15, -0.1) is 0 Å². The molecule has 0 fully saturated rings. The van der Waals surface area contributed by atoms with Gasteiger partial charge in [0.05, 0.1) is 0 Å². The van der Waals surface area contributed by atoms with E-state index in [0.29, 0.717) is 17.8 Å². The number of nitrogens with two attached hydrogens (primary N) is 1. The monoisotopic (exact) mass is 189 g/mol. The summed E-state index contributed by atoms with van der Waals surface area (Å²) >= 11 is 0. The molecule has 4 heteroatoms. The summed E-state index contributed by atoms with van der Waals surface area (Å²) in [5, 5.41) is 15.6. The van der Waals surface area contributed by atoms with Crippen molar-refractivity contribution in [3.05, 3.63) is 35.4 Å². The molecule has 0 unspecified atom stereocenters. The first-order valence-electron chi connectivity index (χ1n) is 4.44. The number of fused-ring (bicyclic) bond motifs is 1. The van der Waals surface area contributed by atoms with Crippen LogP contribution in [0.25, 0.3) is 0 Å². The van der Waals surface area contributed by atoms with Crippen LogP contribution < -0.4 is 5.84 Å². The van der Waals surface area contributed by atoms with Gasteiger partial charge in [0.1, 0.15) is 11.4 Å². The van der Waals surface area contributed by atoms with Gasteiger partial charge in [-0.3, -0.25) is 0 Å². The lowest BCUT2D eigenvalue weighted by atomic mass is 9.89. The van der Waals surface area contributed by atoms with Crippen LogP contribution in [0.5, 0.6) is 0 Å². The Morgan fingerprint density at radius 2 is 2.00 bits per heavy atom. The van der Waals surface area contributed by atoms with Crippen molar-refractivity contribution < 1.29 is 5.21 Å². The Bertz CT molecular complexity index is 410. The lowest BCUT2D eigenvalue weighted by Gasteiger charge is -2.17. The summed E-state index contributed by atoms with van der Waals surface area (Å²) < 4.78 is 0. The standard InChI is InChI=1S/C10H11N3O/c11-12-10-8-4-2-1-3-7(8)5-6-9(10)13-14/h1-4,14H,5-6,11H2. The van der Waals surface area contributed by atoms with E-state index in [1.54, 1.807) is 0 Å². The van der Waals surface area contributed by atoms with Crippen molar-refractivity contribution in [2.45, 2.75) is 12.8 Å². The predicted molar refractivity (Wildman–Crippen MR) is 54.7 cm³/mol. The van der Waals surface area contributed by atoms with Crippen molar-refractivity contribution in [3.8, 4) is 0 Å². The Hall–Kier alpha value is -1.84. The third kappa shape index (κ3) is 1.25. The van der Waals surface area contributed by atoms with Crippen molar-refractivity contribution in [2.75, 3.05) is 0 Å².